The molecule has 0 saturated heterocycles. The average Bonchev–Trinajstić information content (AvgIpc) is 3.37. The summed E-state index contributed by atoms with van der Waals surface area (Å²) in [6.45, 7) is 10.5. The molecule has 16 nitrogen and oxygen atoms in total. The molecule has 2 rings (SSSR count). The molecule has 0 radical (unpaired) electrons. The molecule has 51 heavy (non-hydrogen) atoms. The van der Waals surface area contributed by atoms with E-state index in [1.807, 2.05) is 13.8 Å². The molecule has 0 fully saturated rings. The van der Waals surface area contributed by atoms with E-state index in [4.69, 9.17) is 4.74 Å². The van der Waals surface area contributed by atoms with Crippen LogP contribution in [0.25, 0.3) is 0 Å². The van der Waals surface area contributed by atoms with E-state index in [1.165, 1.54) is 19.1 Å². The summed E-state index contributed by atoms with van der Waals surface area (Å²) >= 11 is 0. The number of amides is 6. The second kappa shape index (κ2) is 19.7. The number of nitrogens with zero attached hydrogens (tertiary/aromatic N) is 1. The van der Waals surface area contributed by atoms with Gasteiger partial charge in [0.25, 0.3) is 21.9 Å². The minimum Gasteiger partial charge on any atom is -0.461 e. The quantitative estimate of drug-likeness (QED) is 0.0557. The van der Waals surface area contributed by atoms with Crippen LogP contribution in [0.15, 0.2) is 36.4 Å². The normalized spacial score (nSPS) is 15.3. The van der Waals surface area contributed by atoms with Crippen molar-refractivity contribution >= 4 is 57.2 Å². The lowest BCUT2D eigenvalue weighted by molar-refractivity contribution is -0.150. The van der Waals surface area contributed by atoms with Gasteiger partial charge in [-0.1, -0.05) is 53.2 Å². The number of carbonyl (C=O) groups excluding carboxylic acids is 7. The van der Waals surface area contributed by atoms with E-state index in [-0.39, 0.29) is 37.4 Å². The van der Waals surface area contributed by atoms with Crippen molar-refractivity contribution in [2.24, 2.45) is 17.8 Å². The standard InChI is InChI=1S/C34H49N5O11S/c1-20(2)22(5)34(46)50-18-24-11-13-25(14-12-24)36-31(43)23(6)35-33(45)30(21(3)4)38-32(44)26(19-51(47,48)49)37-27(40)10-8-7-9-17-39-28(41)15-16-29(39)42/h11-16,20-23,26,30H,7-10,17-19H2,1-6H3,(H,35,45)(H,36,43)(H,37,40)(H,38,44)(H,47,48,49)/t22?,23-,26-,30?/m0/s1. The van der Waals surface area contributed by atoms with Gasteiger partial charge in [0.1, 0.15) is 30.5 Å². The van der Waals surface area contributed by atoms with Gasteiger partial charge in [0.2, 0.25) is 23.6 Å². The van der Waals surface area contributed by atoms with Crippen LogP contribution in [0, 0.1) is 17.8 Å². The molecule has 1 heterocycles. The molecule has 4 atom stereocenters. The van der Waals surface area contributed by atoms with Crippen LogP contribution >= 0.6 is 0 Å². The highest BCUT2D eigenvalue weighted by molar-refractivity contribution is 7.85. The Balaban J connectivity index is 1.92. The Morgan fingerprint density at radius 2 is 1.39 bits per heavy atom. The Bertz CT molecular complexity index is 1560. The first-order chi connectivity index (χ1) is 23.8. The molecule has 1 aromatic rings. The average molecular weight is 736 g/mol. The summed E-state index contributed by atoms with van der Waals surface area (Å²) in [6, 6.07) is 2.52. The Hall–Kier alpha value is -4.64. The molecule has 1 aliphatic heterocycles. The van der Waals surface area contributed by atoms with Crippen molar-refractivity contribution in [3.8, 4) is 0 Å². The number of unbranched alkanes of at least 4 members (excludes halogenated alkanes) is 2. The molecular weight excluding hydrogens is 686 g/mol. The number of carbonyl (C=O) groups is 7. The number of ether oxygens (including phenoxy) is 1. The number of rotatable bonds is 20. The lowest BCUT2D eigenvalue weighted by atomic mass is 9.99. The number of esters is 1. The van der Waals surface area contributed by atoms with Crippen LogP contribution in [-0.2, 0) is 55.0 Å². The zero-order valence-corrected chi connectivity index (χ0v) is 30.6. The largest absolute Gasteiger partial charge is 0.461 e. The predicted octanol–water partition coefficient (Wildman–Crippen LogP) is 1.46. The molecule has 5 N–H and O–H groups in total. The van der Waals surface area contributed by atoms with Gasteiger partial charge in [0.15, 0.2) is 0 Å². The van der Waals surface area contributed by atoms with E-state index < -0.39 is 75.4 Å². The fraction of sp³-hybridized carbons (Fsp3) is 0.559. The number of hydrogen-bond donors (Lipinski definition) is 5. The van der Waals surface area contributed by atoms with Crippen LogP contribution in [-0.4, -0.2) is 89.7 Å². The van der Waals surface area contributed by atoms with E-state index in [2.05, 4.69) is 21.3 Å². The second-order valence-electron chi connectivity index (χ2n) is 13.1. The highest BCUT2D eigenvalue weighted by Crippen LogP contribution is 2.15. The fourth-order valence-electron chi connectivity index (χ4n) is 4.69. The van der Waals surface area contributed by atoms with Crippen molar-refractivity contribution in [1.82, 2.24) is 20.9 Å². The lowest BCUT2D eigenvalue weighted by Gasteiger charge is -2.26. The van der Waals surface area contributed by atoms with E-state index in [0.29, 0.717) is 30.5 Å². The molecule has 1 aliphatic rings. The van der Waals surface area contributed by atoms with Gasteiger partial charge < -0.3 is 26.0 Å². The zero-order chi connectivity index (χ0) is 38.5. The van der Waals surface area contributed by atoms with E-state index in [1.54, 1.807) is 45.0 Å². The summed E-state index contributed by atoms with van der Waals surface area (Å²) in [5.41, 5.74) is 1.12. The van der Waals surface area contributed by atoms with Crippen molar-refractivity contribution in [2.75, 3.05) is 17.6 Å². The molecule has 0 spiro atoms. The maximum Gasteiger partial charge on any atom is 0.309 e. The molecule has 0 aromatic heterocycles. The fourth-order valence-corrected chi connectivity index (χ4v) is 5.35. The summed E-state index contributed by atoms with van der Waals surface area (Å²) in [5, 5.41) is 9.87. The maximum atomic E-state index is 13.2. The SMILES string of the molecule is CC(C)C(C)C(=O)OCc1ccc(NC(=O)[C@H](C)NC(=O)C(NC(=O)[C@H](CS(=O)(=O)O)NC(=O)CCCCCN2C(=O)C=CC2=O)C(C)C)cc1. The molecule has 0 saturated carbocycles. The third-order valence-electron chi connectivity index (χ3n) is 8.19. The molecule has 2 unspecified atom stereocenters. The highest BCUT2D eigenvalue weighted by atomic mass is 32.2. The zero-order valence-electron chi connectivity index (χ0n) is 29.8. The lowest BCUT2D eigenvalue weighted by Crippen LogP contribution is -2.58. The minimum absolute atomic E-state index is 0.0684. The van der Waals surface area contributed by atoms with Crippen molar-refractivity contribution < 1.29 is 51.3 Å². The summed E-state index contributed by atoms with van der Waals surface area (Å²) in [5.74, 6) is -6.02. The summed E-state index contributed by atoms with van der Waals surface area (Å²) < 4.78 is 38.1. The van der Waals surface area contributed by atoms with Gasteiger partial charge in [-0.15, -0.1) is 0 Å². The first-order valence-electron chi connectivity index (χ1n) is 16.7. The van der Waals surface area contributed by atoms with Crippen LogP contribution in [0.2, 0.25) is 0 Å². The molecule has 0 bridgehead atoms. The Labute approximate surface area is 298 Å². The van der Waals surface area contributed by atoms with Gasteiger partial charge >= 0.3 is 5.97 Å². The van der Waals surface area contributed by atoms with Crippen LogP contribution < -0.4 is 21.3 Å². The van der Waals surface area contributed by atoms with E-state index in [9.17, 15) is 46.5 Å². The number of imide groups is 1. The first kappa shape index (κ1) is 42.5. The topological polar surface area (TPSA) is 234 Å². The van der Waals surface area contributed by atoms with Crippen molar-refractivity contribution in [1.29, 1.82) is 0 Å². The Morgan fingerprint density at radius 1 is 0.784 bits per heavy atom. The number of benzene rings is 1. The van der Waals surface area contributed by atoms with Crippen molar-refractivity contribution in [3.05, 3.63) is 42.0 Å². The van der Waals surface area contributed by atoms with Gasteiger partial charge in [-0.3, -0.25) is 43.0 Å². The van der Waals surface area contributed by atoms with Crippen molar-refractivity contribution in [2.45, 2.75) is 92.0 Å². The second-order valence-corrected chi connectivity index (χ2v) is 14.6. The van der Waals surface area contributed by atoms with Crippen LogP contribution in [0.3, 0.4) is 0 Å². The minimum atomic E-state index is -4.74. The molecular formula is C34H49N5O11S. The van der Waals surface area contributed by atoms with Gasteiger partial charge in [-0.25, -0.2) is 0 Å². The van der Waals surface area contributed by atoms with Gasteiger partial charge in [0.05, 0.1) is 5.92 Å². The monoisotopic (exact) mass is 735 g/mol. The Morgan fingerprint density at radius 3 is 1.94 bits per heavy atom. The number of anilines is 1. The predicted molar refractivity (Wildman–Crippen MR) is 186 cm³/mol. The highest BCUT2D eigenvalue weighted by Gasteiger charge is 2.32. The third kappa shape index (κ3) is 14.6. The van der Waals surface area contributed by atoms with Crippen LogP contribution in [0.5, 0.6) is 0 Å². The number of hydrogen-bond acceptors (Lipinski definition) is 10. The molecule has 17 heteroatoms. The van der Waals surface area contributed by atoms with Gasteiger partial charge in [0, 0.05) is 30.8 Å². The van der Waals surface area contributed by atoms with Crippen LogP contribution in [0.1, 0.15) is 72.8 Å². The maximum absolute atomic E-state index is 13.2. The van der Waals surface area contributed by atoms with Crippen LogP contribution in [0.4, 0.5) is 5.69 Å². The molecule has 282 valence electrons. The smallest absolute Gasteiger partial charge is 0.309 e. The van der Waals surface area contributed by atoms with E-state index >= 15 is 0 Å². The van der Waals surface area contributed by atoms with E-state index in [0.717, 1.165) is 4.90 Å². The van der Waals surface area contributed by atoms with Gasteiger partial charge in [-0.05, 0) is 49.3 Å². The molecule has 6 amide bonds. The van der Waals surface area contributed by atoms with Gasteiger partial charge in [-0.2, -0.15) is 8.42 Å². The molecule has 1 aromatic carbocycles. The van der Waals surface area contributed by atoms with Crippen molar-refractivity contribution in [3.63, 3.8) is 0 Å². The third-order valence-corrected chi connectivity index (χ3v) is 8.94. The summed E-state index contributed by atoms with van der Waals surface area (Å²) in [6.07, 6.45) is 3.38. The molecule has 0 aliphatic carbocycles. The first-order valence-corrected chi connectivity index (χ1v) is 18.3. The number of nitrogens with one attached hydrogen (secondary N) is 4. The Kier molecular flexibility index (Phi) is 16.4. The summed E-state index contributed by atoms with van der Waals surface area (Å²) in [7, 11) is -4.74. The summed E-state index contributed by atoms with van der Waals surface area (Å²) in [4.78, 5) is 88.2.